The molecule has 1 unspecified atom stereocenters. The fourth-order valence-electron chi connectivity index (χ4n) is 2.44. The lowest BCUT2D eigenvalue weighted by Crippen LogP contribution is -2.22. The average Bonchev–Trinajstić information content (AvgIpc) is 2.77. The Labute approximate surface area is 108 Å². The first-order valence-electron chi connectivity index (χ1n) is 6.07. The molecular weight excluding hydrogens is 232 g/mol. The summed E-state index contributed by atoms with van der Waals surface area (Å²) in [4.78, 5) is 2.29. The zero-order chi connectivity index (χ0) is 12.4. The van der Waals surface area contributed by atoms with Gasteiger partial charge in [-0.1, -0.05) is 31.5 Å². The Hall–Kier alpha value is -1.20. The molecule has 1 atom stereocenters. The van der Waals surface area contributed by atoms with Crippen molar-refractivity contribution < 1.29 is 0 Å². The summed E-state index contributed by atoms with van der Waals surface area (Å²) in [5.41, 5.74) is 1.60. The third-order valence-corrected chi connectivity index (χ3v) is 3.93. The van der Waals surface area contributed by atoms with Crippen LogP contribution in [-0.4, -0.2) is 13.1 Å². The van der Waals surface area contributed by atoms with Gasteiger partial charge in [0.05, 0.1) is 16.3 Å². The fourth-order valence-corrected chi connectivity index (χ4v) is 2.65. The highest BCUT2D eigenvalue weighted by Gasteiger charge is 2.26. The molecule has 1 aromatic rings. The minimum Gasteiger partial charge on any atom is -0.370 e. The molecule has 2 rings (SSSR count). The maximum absolute atomic E-state index is 9.17. The standard InChI is InChI=1S/C14H17ClN2/c1-10(2)11-6-7-17(9-11)14-5-3-4-13(15)12(14)8-16/h3-5,10-11H,6-7,9H2,1-2H3. The van der Waals surface area contributed by atoms with Crippen LogP contribution in [0.25, 0.3) is 0 Å². The molecule has 0 spiro atoms. The number of nitriles is 1. The van der Waals surface area contributed by atoms with Crippen molar-refractivity contribution in [3.63, 3.8) is 0 Å². The van der Waals surface area contributed by atoms with Crippen LogP contribution in [0.4, 0.5) is 5.69 Å². The lowest BCUT2D eigenvalue weighted by atomic mass is 9.95. The first-order valence-corrected chi connectivity index (χ1v) is 6.45. The molecule has 2 nitrogen and oxygen atoms in total. The van der Waals surface area contributed by atoms with Crippen LogP contribution in [0.15, 0.2) is 18.2 Å². The van der Waals surface area contributed by atoms with Crippen molar-refractivity contribution >= 4 is 17.3 Å². The highest BCUT2D eigenvalue weighted by Crippen LogP contribution is 2.32. The number of nitrogens with zero attached hydrogens (tertiary/aromatic N) is 2. The number of hydrogen-bond acceptors (Lipinski definition) is 2. The zero-order valence-electron chi connectivity index (χ0n) is 10.3. The summed E-state index contributed by atoms with van der Waals surface area (Å²) >= 11 is 6.06. The van der Waals surface area contributed by atoms with Crippen LogP contribution in [0, 0.1) is 23.2 Å². The van der Waals surface area contributed by atoms with Crippen LogP contribution in [0.2, 0.25) is 5.02 Å². The number of benzene rings is 1. The van der Waals surface area contributed by atoms with E-state index in [0.717, 1.165) is 24.7 Å². The Morgan fingerprint density at radius 2 is 2.24 bits per heavy atom. The molecule has 1 aliphatic rings. The zero-order valence-corrected chi connectivity index (χ0v) is 11.0. The first-order chi connectivity index (χ1) is 8.13. The monoisotopic (exact) mass is 248 g/mol. The van der Waals surface area contributed by atoms with E-state index in [1.54, 1.807) is 6.07 Å². The van der Waals surface area contributed by atoms with Crippen molar-refractivity contribution in [1.29, 1.82) is 5.26 Å². The second-order valence-electron chi connectivity index (χ2n) is 4.98. The Morgan fingerprint density at radius 1 is 1.47 bits per heavy atom. The average molecular weight is 249 g/mol. The van der Waals surface area contributed by atoms with E-state index >= 15 is 0 Å². The Bertz CT molecular complexity index is 448. The Balaban J connectivity index is 2.25. The molecule has 0 bridgehead atoms. The maximum atomic E-state index is 9.17. The van der Waals surface area contributed by atoms with Gasteiger partial charge in [-0.25, -0.2) is 0 Å². The minimum absolute atomic E-state index is 0.554. The number of anilines is 1. The van der Waals surface area contributed by atoms with Crippen LogP contribution in [0.3, 0.4) is 0 Å². The summed E-state index contributed by atoms with van der Waals surface area (Å²) < 4.78 is 0. The maximum Gasteiger partial charge on any atom is 0.103 e. The normalized spacial score (nSPS) is 19.7. The molecule has 0 aromatic heterocycles. The third kappa shape index (κ3) is 2.40. The van der Waals surface area contributed by atoms with Gasteiger partial charge < -0.3 is 4.90 Å². The van der Waals surface area contributed by atoms with Gasteiger partial charge in [-0.2, -0.15) is 5.26 Å². The quantitative estimate of drug-likeness (QED) is 0.798. The molecule has 1 aromatic carbocycles. The molecular formula is C14H17ClN2. The van der Waals surface area contributed by atoms with E-state index in [2.05, 4.69) is 24.8 Å². The smallest absolute Gasteiger partial charge is 0.103 e. The molecule has 0 saturated carbocycles. The van der Waals surface area contributed by atoms with Crippen molar-refractivity contribution in [3.8, 4) is 6.07 Å². The fraction of sp³-hybridized carbons (Fsp3) is 0.500. The SMILES string of the molecule is CC(C)C1CCN(c2cccc(Cl)c2C#N)C1. The molecule has 1 aliphatic heterocycles. The van der Waals surface area contributed by atoms with E-state index in [1.165, 1.54) is 6.42 Å². The number of rotatable bonds is 2. The van der Waals surface area contributed by atoms with E-state index in [9.17, 15) is 5.26 Å². The van der Waals surface area contributed by atoms with Gasteiger partial charge in [-0.3, -0.25) is 0 Å². The summed E-state index contributed by atoms with van der Waals surface area (Å²) in [6.45, 7) is 6.58. The molecule has 0 N–H and O–H groups in total. The predicted molar refractivity (Wildman–Crippen MR) is 71.3 cm³/mol. The molecule has 0 radical (unpaired) electrons. The van der Waals surface area contributed by atoms with Crippen molar-refractivity contribution in [1.82, 2.24) is 0 Å². The summed E-state index contributed by atoms with van der Waals surface area (Å²) in [5.74, 6) is 1.42. The van der Waals surface area contributed by atoms with Gasteiger partial charge in [-0.15, -0.1) is 0 Å². The van der Waals surface area contributed by atoms with E-state index in [1.807, 2.05) is 12.1 Å². The lowest BCUT2D eigenvalue weighted by molar-refractivity contribution is 0.423. The van der Waals surface area contributed by atoms with E-state index in [0.29, 0.717) is 16.5 Å². The molecule has 0 aliphatic carbocycles. The number of hydrogen-bond donors (Lipinski definition) is 0. The van der Waals surface area contributed by atoms with Crippen molar-refractivity contribution in [2.45, 2.75) is 20.3 Å². The van der Waals surface area contributed by atoms with E-state index < -0.39 is 0 Å². The number of halogens is 1. The van der Waals surface area contributed by atoms with E-state index in [-0.39, 0.29) is 0 Å². The molecule has 0 amide bonds. The van der Waals surface area contributed by atoms with Gasteiger partial charge >= 0.3 is 0 Å². The molecule has 3 heteroatoms. The van der Waals surface area contributed by atoms with Crippen LogP contribution in [0.1, 0.15) is 25.8 Å². The van der Waals surface area contributed by atoms with Gasteiger partial charge in [-0.05, 0) is 30.4 Å². The molecule has 1 heterocycles. The molecule has 17 heavy (non-hydrogen) atoms. The van der Waals surface area contributed by atoms with Gasteiger partial charge in [0, 0.05) is 13.1 Å². The first kappa shape index (κ1) is 12.3. The largest absolute Gasteiger partial charge is 0.370 e. The Kier molecular flexibility index (Phi) is 3.59. The molecule has 1 saturated heterocycles. The summed E-state index contributed by atoms with van der Waals surface area (Å²) in [5, 5.41) is 9.73. The molecule has 90 valence electrons. The highest BCUT2D eigenvalue weighted by molar-refractivity contribution is 6.32. The summed E-state index contributed by atoms with van der Waals surface area (Å²) in [6, 6.07) is 7.90. The minimum atomic E-state index is 0.554. The second kappa shape index (κ2) is 4.98. The van der Waals surface area contributed by atoms with E-state index in [4.69, 9.17) is 11.6 Å². The Morgan fingerprint density at radius 3 is 2.82 bits per heavy atom. The summed E-state index contributed by atoms with van der Waals surface area (Å²) in [6.07, 6.45) is 1.20. The van der Waals surface area contributed by atoms with Crippen LogP contribution < -0.4 is 4.90 Å². The van der Waals surface area contributed by atoms with Crippen LogP contribution >= 0.6 is 11.6 Å². The predicted octanol–water partition coefficient (Wildman–Crippen LogP) is 3.69. The van der Waals surface area contributed by atoms with Crippen molar-refractivity contribution in [3.05, 3.63) is 28.8 Å². The third-order valence-electron chi connectivity index (χ3n) is 3.61. The summed E-state index contributed by atoms with van der Waals surface area (Å²) in [7, 11) is 0. The topological polar surface area (TPSA) is 27.0 Å². The van der Waals surface area contributed by atoms with Gasteiger partial charge in [0.15, 0.2) is 0 Å². The van der Waals surface area contributed by atoms with Crippen LogP contribution in [0.5, 0.6) is 0 Å². The molecule has 1 fully saturated rings. The highest BCUT2D eigenvalue weighted by atomic mass is 35.5. The van der Waals surface area contributed by atoms with Crippen molar-refractivity contribution in [2.24, 2.45) is 11.8 Å². The van der Waals surface area contributed by atoms with Crippen molar-refractivity contribution in [2.75, 3.05) is 18.0 Å². The second-order valence-corrected chi connectivity index (χ2v) is 5.39. The van der Waals surface area contributed by atoms with Gasteiger partial charge in [0.1, 0.15) is 6.07 Å². The van der Waals surface area contributed by atoms with Gasteiger partial charge in [0.25, 0.3) is 0 Å². The van der Waals surface area contributed by atoms with Gasteiger partial charge in [0.2, 0.25) is 0 Å². The van der Waals surface area contributed by atoms with Crippen LogP contribution in [-0.2, 0) is 0 Å². The lowest BCUT2D eigenvalue weighted by Gasteiger charge is -2.21.